The molecule has 0 radical (unpaired) electrons. The molecule has 5 aromatic heterocycles. The van der Waals surface area contributed by atoms with E-state index in [-0.39, 0.29) is 5.56 Å². The second-order valence-electron chi connectivity index (χ2n) is 19.6. The molecule has 0 aliphatic carbocycles. The van der Waals surface area contributed by atoms with Crippen LogP contribution in [0.4, 0.5) is 0 Å². The van der Waals surface area contributed by atoms with Gasteiger partial charge >= 0.3 is 0 Å². The molecule has 16 rings (SSSR count). The predicted molar refractivity (Wildman–Crippen MR) is 311 cm³/mol. The first kappa shape index (κ1) is 41.4. The van der Waals surface area contributed by atoms with Crippen LogP contribution in [0.1, 0.15) is 0 Å². The van der Waals surface area contributed by atoms with Gasteiger partial charge in [0, 0.05) is 65.7 Å². The lowest BCUT2D eigenvalue weighted by Gasteiger charge is -2.20. The summed E-state index contributed by atoms with van der Waals surface area (Å²) in [4.78, 5) is 16.4. The van der Waals surface area contributed by atoms with Crippen LogP contribution >= 0.6 is 0 Å². The van der Waals surface area contributed by atoms with Crippen molar-refractivity contribution in [3.8, 4) is 45.0 Å². The molecule has 11 aromatic carbocycles. The van der Waals surface area contributed by atoms with E-state index in [4.69, 9.17) is 4.42 Å². The molecule has 0 saturated heterocycles. The molecule has 350 valence electrons. The van der Waals surface area contributed by atoms with Gasteiger partial charge in [-0.1, -0.05) is 152 Å². The molecule has 5 heterocycles. The van der Waals surface area contributed by atoms with E-state index in [0.29, 0.717) is 16.7 Å². The third-order valence-electron chi connectivity index (χ3n) is 15.5. The quantitative estimate of drug-likeness (QED) is 0.167. The van der Waals surface area contributed by atoms with Gasteiger partial charge in [0.1, 0.15) is 5.58 Å². The molecule has 0 spiro atoms. The van der Waals surface area contributed by atoms with Crippen LogP contribution in [0.5, 0.6) is 0 Å². The molecule has 0 unspecified atom stereocenters. The lowest BCUT2D eigenvalue weighted by atomic mass is 9.92. The highest BCUT2D eigenvalue weighted by atomic mass is 16.3. The Morgan fingerprint density at radius 2 is 0.760 bits per heavy atom. The van der Waals surface area contributed by atoms with Gasteiger partial charge in [-0.2, -0.15) is 0 Å². The van der Waals surface area contributed by atoms with E-state index in [0.717, 1.165) is 121 Å². The van der Waals surface area contributed by atoms with Crippen molar-refractivity contribution >= 4 is 98.3 Å². The fourth-order valence-corrected chi connectivity index (χ4v) is 12.4. The highest BCUT2D eigenvalue weighted by Crippen LogP contribution is 2.45. The van der Waals surface area contributed by atoms with Crippen LogP contribution in [0.2, 0.25) is 0 Å². The Balaban J connectivity index is 1.09. The molecular weight excluding hydrogens is 917 g/mol. The van der Waals surface area contributed by atoms with Crippen molar-refractivity contribution in [2.75, 3.05) is 0 Å². The van der Waals surface area contributed by atoms with Gasteiger partial charge in [0.05, 0.1) is 49.7 Å². The van der Waals surface area contributed by atoms with Gasteiger partial charge in [-0.15, -0.1) is 0 Å². The molecule has 0 amide bonds. The maximum Gasteiger partial charge on any atom is 0.265 e. The molecule has 0 fully saturated rings. The van der Waals surface area contributed by atoms with E-state index in [1.165, 1.54) is 5.39 Å². The molecule has 6 heteroatoms. The van der Waals surface area contributed by atoms with Crippen molar-refractivity contribution in [2.24, 2.45) is 0 Å². The number of hydrogen-bond acceptors (Lipinski definition) is 2. The fourth-order valence-electron chi connectivity index (χ4n) is 12.4. The third-order valence-corrected chi connectivity index (χ3v) is 15.5. The summed E-state index contributed by atoms with van der Waals surface area (Å²) in [5.41, 5.74) is 16.3. The molecule has 0 bridgehead atoms. The minimum Gasteiger partial charge on any atom is -0.454 e. The molecule has 0 N–H and O–H groups in total. The summed E-state index contributed by atoms with van der Waals surface area (Å²) in [5, 5.41) is 9.01. The number of aromatic nitrogens is 4. The third kappa shape index (κ3) is 5.99. The SMILES string of the molecule is O=c1c2c3ccccc3n(-c3ccccc3)c2c2cc(-c3ccc4c(c3)c3ccccc3n4-c3ccccc3)cc(-c3ccc4c(c3)c3ccccc3n4-c3ccccc3)c2n1-c1cccc2c1oc1ccccc12. The van der Waals surface area contributed by atoms with Crippen LogP contribution in [-0.2, 0) is 0 Å². The van der Waals surface area contributed by atoms with E-state index >= 15 is 4.79 Å². The summed E-state index contributed by atoms with van der Waals surface area (Å²) in [7, 11) is 0. The zero-order valence-electron chi connectivity index (χ0n) is 40.4. The fraction of sp³-hybridized carbons (Fsp3) is 0. The maximum absolute atomic E-state index is 16.4. The Morgan fingerprint density at radius 1 is 0.293 bits per heavy atom. The largest absolute Gasteiger partial charge is 0.454 e. The molecule has 0 atom stereocenters. The van der Waals surface area contributed by atoms with Gasteiger partial charge in [-0.3, -0.25) is 9.36 Å². The normalized spacial score (nSPS) is 12.1. The van der Waals surface area contributed by atoms with Gasteiger partial charge in [0.25, 0.3) is 5.56 Å². The number of rotatable bonds is 6. The molecule has 0 saturated carbocycles. The number of benzene rings is 11. The minimum absolute atomic E-state index is 0.123. The van der Waals surface area contributed by atoms with Crippen LogP contribution in [0.3, 0.4) is 0 Å². The summed E-state index contributed by atoms with van der Waals surface area (Å²) < 4.78 is 15.8. The molecule has 0 aliphatic heterocycles. The van der Waals surface area contributed by atoms with Gasteiger partial charge in [0.15, 0.2) is 5.58 Å². The molecule has 6 nitrogen and oxygen atoms in total. The van der Waals surface area contributed by atoms with Crippen molar-refractivity contribution < 1.29 is 4.42 Å². The van der Waals surface area contributed by atoms with Gasteiger partial charge in [0.2, 0.25) is 0 Å². The Morgan fingerprint density at radius 3 is 1.39 bits per heavy atom. The Kier molecular flexibility index (Phi) is 8.79. The summed E-state index contributed by atoms with van der Waals surface area (Å²) in [6.45, 7) is 0. The second-order valence-corrected chi connectivity index (χ2v) is 19.6. The second kappa shape index (κ2) is 15.9. The summed E-state index contributed by atoms with van der Waals surface area (Å²) >= 11 is 0. The van der Waals surface area contributed by atoms with Crippen LogP contribution in [0.25, 0.3) is 143 Å². The average molecular weight is 959 g/mol. The zero-order valence-corrected chi connectivity index (χ0v) is 40.4. The number of furan rings is 1. The number of fused-ring (bicyclic) bond motifs is 14. The molecule has 16 aromatic rings. The first-order valence-electron chi connectivity index (χ1n) is 25.5. The van der Waals surface area contributed by atoms with Gasteiger partial charge in [-0.05, 0) is 120 Å². The number of para-hydroxylation sites is 8. The van der Waals surface area contributed by atoms with Crippen molar-refractivity contribution in [3.05, 3.63) is 265 Å². The van der Waals surface area contributed by atoms with Crippen molar-refractivity contribution in [1.82, 2.24) is 18.3 Å². The molecular formula is C69H42N4O2. The minimum atomic E-state index is -0.123. The topological polar surface area (TPSA) is 49.9 Å². The average Bonchev–Trinajstić information content (AvgIpc) is 4.22. The van der Waals surface area contributed by atoms with E-state index in [1.54, 1.807) is 0 Å². The number of hydrogen-bond donors (Lipinski definition) is 0. The zero-order chi connectivity index (χ0) is 49.3. The maximum atomic E-state index is 16.4. The first-order chi connectivity index (χ1) is 37.2. The number of pyridine rings is 1. The molecule has 0 aliphatic rings. The van der Waals surface area contributed by atoms with Crippen LogP contribution in [0.15, 0.2) is 264 Å². The van der Waals surface area contributed by atoms with Crippen molar-refractivity contribution in [3.63, 3.8) is 0 Å². The summed E-state index contributed by atoms with van der Waals surface area (Å²) in [6.07, 6.45) is 0. The first-order valence-corrected chi connectivity index (χ1v) is 25.5. The van der Waals surface area contributed by atoms with E-state index in [9.17, 15) is 0 Å². The van der Waals surface area contributed by atoms with Crippen molar-refractivity contribution in [2.45, 2.75) is 0 Å². The summed E-state index contributed by atoms with van der Waals surface area (Å²) in [6, 6.07) is 90.0. The van der Waals surface area contributed by atoms with Gasteiger partial charge in [-0.25, -0.2) is 0 Å². The Bertz CT molecular complexity index is 5070. The molecule has 75 heavy (non-hydrogen) atoms. The Hall–Kier alpha value is -10.2. The smallest absolute Gasteiger partial charge is 0.265 e. The van der Waals surface area contributed by atoms with Crippen LogP contribution < -0.4 is 5.56 Å². The highest BCUT2D eigenvalue weighted by molar-refractivity contribution is 6.22. The summed E-state index contributed by atoms with van der Waals surface area (Å²) in [5.74, 6) is 0. The highest BCUT2D eigenvalue weighted by Gasteiger charge is 2.27. The monoisotopic (exact) mass is 958 g/mol. The lowest BCUT2D eigenvalue weighted by Crippen LogP contribution is -2.20. The van der Waals surface area contributed by atoms with E-state index in [1.807, 2.05) is 41.0 Å². The Labute approximate surface area is 429 Å². The number of nitrogens with zero attached hydrogens (tertiary/aromatic N) is 4. The van der Waals surface area contributed by atoms with Crippen LogP contribution in [-0.4, -0.2) is 18.3 Å². The van der Waals surface area contributed by atoms with E-state index in [2.05, 4.69) is 232 Å². The van der Waals surface area contributed by atoms with Crippen molar-refractivity contribution in [1.29, 1.82) is 0 Å². The van der Waals surface area contributed by atoms with Crippen LogP contribution in [0, 0.1) is 0 Å². The van der Waals surface area contributed by atoms with Gasteiger partial charge < -0.3 is 18.1 Å². The standard InChI is InChI=1S/C69H42N4O2/c74-69-65-53-28-12-16-32-60(53)72(48-23-8-3-9-24-48)67(65)57-42-45(43-35-37-61-55(39-43)49-25-10-14-30-58(49)70(61)46-19-4-1-5-20-46)41-54(66(57)73(69)63-33-18-29-52-51-27-13-17-34-64(51)75-68(52)63)44-36-38-62-56(40-44)50-26-11-15-31-59(50)71(62)47-21-6-2-7-22-47/h1-42H. The predicted octanol–water partition coefficient (Wildman–Crippen LogP) is 17.5. The lowest BCUT2D eigenvalue weighted by molar-refractivity contribution is 0.665. The van der Waals surface area contributed by atoms with E-state index < -0.39 is 0 Å².